The summed E-state index contributed by atoms with van der Waals surface area (Å²) in [4.78, 5) is 13.8. The van der Waals surface area contributed by atoms with Gasteiger partial charge < -0.3 is 10.2 Å². The zero-order valence-electron chi connectivity index (χ0n) is 12.3. The van der Waals surface area contributed by atoms with Gasteiger partial charge in [-0.15, -0.1) is 0 Å². The first kappa shape index (κ1) is 15.3. The van der Waals surface area contributed by atoms with Crippen molar-refractivity contribution in [1.82, 2.24) is 20.0 Å². The molecule has 0 aromatic carbocycles. The normalized spacial score (nSPS) is 16.6. The second-order valence-corrected chi connectivity index (χ2v) is 5.70. The molecule has 1 fully saturated rings. The monoisotopic (exact) mass is 298 g/mol. The minimum atomic E-state index is 0.292. The van der Waals surface area contributed by atoms with Gasteiger partial charge in [0.1, 0.15) is 5.15 Å². The molecule has 2 heterocycles. The fraction of sp³-hybridized carbons (Fsp3) is 0.714. The fourth-order valence-electron chi connectivity index (χ4n) is 2.58. The molecule has 5 nitrogen and oxygen atoms in total. The number of aromatic nitrogens is 2. The Balaban J connectivity index is 1.77. The molecule has 1 aliphatic heterocycles. The predicted octanol–water partition coefficient (Wildman–Crippen LogP) is 1.87. The highest BCUT2D eigenvalue weighted by molar-refractivity contribution is 6.30. The third kappa shape index (κ3) is 3.73. The maximum Gasteiger partial charge on any atom is 0.222 e. The van der Waals surface area contributed by atoms with Crippen molar-refractivity contribution in [3.63, 3.8) is 0 Å². The van der Waals surface area contributed by atoms with E-state index in [1.165, 1.54) is 6.42 Å². The topological polar surface area (TPSA) is 50.2 Å². The van der Waals surface area contributed by atoms with Crippen LogP contribution in [0.1, 0.15) is 36.9 Å². The molecule has 1 N–H and O–H groups in total. The molecule has 2 rings (SSSR count). The molecule has 0 saturated carbocycles. The van der Waals surface area contributed by atoms with Crippen LogP contribution in [0.5, 0.6) is 0 Å². The zero-order valence-corrected chi connectivity index (χ0v) is 13.0. The Labute approximate surface area is 125 Å². The molecule has 1 aromatic rings. The summed E-state index contributed by atoms with van der Waals surface area (Å²) in [6.45, 7) is 5.11. The van der Waals surface area contributed by atoms with Crippen LogP contribution >= 0.6 is 11.6 Å². The van der Waals surface area contributed by atoms with E-state index in [-0.39, 0.29) is 0 Å². The highest BCUT2D eigenvalue weighted by Crippen LogP contribution is 2.18. The van der Waals surface area contributed by atoms with Gasteiger partial charge in [-0.1, -0.05) is 18.0 Å². The predicted molar refractivity (Wildman–Crippen MR) is 79.7 cm³/mol. The van der Waals surface area contributed by atoms with Crippen molar-refractivity contribution in [1.29, 1.82) is 0 Å². The Bertz CT molecular complexity index is 472. The van der Waals surface area contributed by atoms with E-state index in [0.717, 1.165) is 43.7 Å². The van der Waals surface area contributed by atoms with Gasteiger partial charge >= 0.3 is 0 Å². The standard InChI is InChI=1S/C14H23ClN4O/c1-11-12(14(15)18(2)17-11)10-16-7-9-19-8-5-3-4-6-13(19)20/h16H,3-10H2,1-2H3. The summed E-state index contributed by atoms with van der Waals surface area (Å²) in [5.41, 5.74) is 1.99. The Hall–Kier alpha value is -1.07. The molecule has 0 unspecified atom stereocenters. The van der Waals surface area contributed by atoms with E-state index in [1.54, 1.807) is 4.68 Å². The van der Waals surface area contributed by atoms with Crippen LogP contribution in [0.2, 0.25) is 5.15 Å². The lowest BCUT2D eigenvalue weighted by atomic mass is 10.2. The number of hydrogen-bond acceptors (Lipinski definition) is 3. The van der Waals surface area contributed by atoms with Crippen LogP contribution in [-0.4, -0.2) is 40.2 Å². The summed E-state index contributed by atoms with van der Waals surface area (Å²) >= 11 is 6.18. The summed E-state index contributed by atoms with van der Waals surface area (Å²) in [5, 5.41) is 8.32. The van der Waals surface area contributed by atoms with Crippen LogP contribution in [0.4, 0.5) is 0 Å². The summed E-state index contributed by atoms with van der Waals surface area (Å²) in [7, 11) is 1.84. The van der Waals surface area contributed by atoms with Crippen LogP contribution in [0.3, 0.4) is 0 Å². The van der Waals surface area contributed by atoms with Crippen LogP contribution < -0.4 is 5.32 Å². The smallest absolute Gasteiger partial charge is 0.222 e. The van der Waals surface area contributed by atoms with Crippen LogP contribution in [0.25, 0.3) is 0 Å². The Morgan fingerprint density at radius 2 is 2.15 bits per heavy atom. The summed E-state index contributed by atoms with van der Waals surface area (Å²) < 4.78 is 1.69. The summed E-state index contributed by atoms with van der Waals surface area (Å²) in [5.74, 6) is 0.292. The van der Waals surface area contributed by atoms with Gasteiger partial charge in [-0.25, -0.2) is 0 Å². The highest BCUT2D eigenvalue weighted by Gasteiger charge is 2.16. The largest absolute Gasteiger partial charge is 0.341 e. The fourth-order valence-corrected chi connectivity index (χ4v) is 2.82. The van der Waals surface area contributed by atoms with Crippen molar-refractivity contribution < 1.29 is 4.79 Å². The van der Waals surface area contributed by atoms with E-state index in [2.05, 4.69) is 10.4 Å². The lowest BCUT2D eigenvalue weighted by Gasteiger charge is -2.20. The molecule has 1 amide bonds. The van der Waals surface area contributed by atoms with Crippen molar-refractivity contribution in [3.05, 3.63) is 16.4 Å². The number of aryl methyl sites for hydroxylation is 2. The number of carbonyl (C=O) groups is 1. The van der Waals surface area contributed by atoms with E-state index in [9.17, 15) is 4.79 Å². The minimum absolute atomic E-state index is 0.292. The van der Waals surface area contributed by atoms with Gasteiger partial charge in [-0.05, 0) is 19.8 Å². The maximum atomic E-state index is 11.9. The van der Waals surface area contributed by atoms with Crippen LogP contribution in [-0.2, 0) is 18.4 Å². The minimum Gasteiger partial charge on any atom is -0.341 e. The van der Waals surface area contributed by atoms with E-state index in [0.29, 0.717) is 24.0 Å². The van der Waals surface area contributed by atoms with E-state index in [1.807, 2.05) is 18.9 Å². The molecule has 0 atom stereocenters. The van der Waals surface area contributed by atoms with Gasteiger partial charge in [0.2, 0.25) is 5.91 Å². The molecule has 1 aromatic heterocycles. The van der Waals surface area contributed by atoms with Crippen molar-refractivity contribution in [2.75, 3.05) is 19.6 Å². The number of halogens is 1. The van der Waals surface area contributed by atoms with Gasteiger partial charge in [0, 0.05) is 45.2 Å². The van der Waals surface area contributed by atoms with Crippen LogP contribution in [0.15, 0.2) is 0 Å². The van der Waals surface area contributed by atoms with Crippen molar-refractivity contribution in [3.8, 4) is 0 Å². The van der Waals surface area contributed by atoms with Crippen molar-refractivity contribution in [2.45, 2.75) is 39.2 Å². The van der Waals surface area contributed by atoms with Gasteiger partial charge in [-0.3, -0.25) is 9.48 Å². The average Bonchev–Trinajstić information content (AvgIpc) is 2.58. The lowest BCUT2D eigenvalue weighted by molar-refractivity contribution is -0.130. The molecule has 20 heavy (non-hydrogen) atoms. The second-order valence-electron chi connectivity index (χ2n) is 5.35. The van der Waals surface area contributed by atoms with E-state index in [4.69, 9.17) is 11.6 Å². The number of carbonyl (C=O) groups excluding carboxylic acids is 1. The lowest BCUT2D eigenvalue weighted by Crippen LogP contribution is -2.36. The number of nitrogens with zero attached hydrogens (tertiary/aromatic N) is 3. The van der Waals surface area contributed by atoms with Gasteiger partial charge in [0.25, 0.3) is 0 Å². The Morgan fingerprint density at radius 1 is 1.35 bits per heavy atom. The second kappa shape index (κ2) is 7.09. The molecule has 0 spiro atoms. The molecule has 1 aliphatic rings. The van der Waals surface area contributed by atoms with Crippen molar-refractivity contribution in [2.24, 2.45) is 7.05 Å². The molecule has 0 bridgehead atoms. The van der Waals surface area contributed by atoms with Crippen LogP contribution in [0, 0.1) is 6.92 Å². The highest BCUT2D eigenvalue weighted by atomic mass is 35.5. The molecular weight excluding hydrogens is 276 g/mol. The van der Waals surface area contributed by atoms with Gasteiger partial charge in [0.15, 0.2) is 0 Å². The summed E-state index contributed by atoms with van der Waals surface area (Å²) in [6, 6.07) is 0. The number of rotatable bonds is 5. The third-order valence-corrected chi connectivity index (χ3v) is 4.27. The molecule has 6 heteroatoms. The Morgan fingerprint density at radius 3 is 2.85 bits per heavy atom. The molecule has 112 valence electrons. The molecule has 0 radical (unpaired) electrons. The molecule has 0 aliphatic carbocycles. The first-order chi connectivity index (χ1) is 9.59. The molecular formula is C14H23ClN4O. The number of hydrogen-bond donors (Lipinski definition) is 1. The van der Waals surface area contributed by atoms with Gasteiger partial charge in [0.05, 0.1) is 5.69 Å². The quantitative estimate of drug-likeness (QED) is 0.845. The zero-order chi connectivity index (χ0) is 14.5. The Kier molecular flexibility index (Phi) is 5.43. The summed E-state index contributed by atoms with van der Waals surface area (Å²) in [6.07, 6.45) is 4.03. The first-order valence-corrected chi connectivity index (χ1v) is 7.64. The van der Waals surface area contributed by atoms with E-state index >= 15 is 0 Å². The van der Waals surface area contributed by atoms with Crippen molar-refractivity contribution >= 4 is 17.5 Å². The number of amides is 1. The maximum absolute atomic E-state index is 11.9. The molecule has 1 saturated heterocycles. The average molecular weight is 299 g/mol. The SMILES string of the molecule is Cc1nn(C)c(Cl)c1CNCCN1CCCCCC1=O. The first-order valence-electron chi connectivity index (χ1n) is 7.26. The number of nitrogens with one attached hydrogen (secondary N) is 1. The van der Waals surface area contributed by atoms with Gasteiger partial charge in [-0.2, -0.15) is 5.10 Å². The van der Waals surface area contributed by atoms with E-state index < -0.39 is 0 Å². The number of likely N-dealkylation sites (tertiary alicyclic amines) is 1. The third-order valence-electron chi connectivity index (χ3n) is 3.80.